The number of hydrogen-bond donors (Lipinski definition) is 2. The standard InChI is InChI=1S/C17H26N2O2/c1-2-3-4-5-9-12-16(20)18-13-14-19-17(21)15-10-7-6-8-11-15/h6-8,10-11H,2-5,9,12-14H2,1H3,(H,18,20)(H,19,21). The molecule has 4 heteroatoms. The summed E-state index contributed by atoms with van der Waals surface area (Å²) in [6.45, 7) is 3.11. The highest BCUT2D eigenvalue weighted by atomic mass is 16.2. The van der Waals surface area contributed by atoms with E-state index >= 15 is 0 Å². The second kappa shape index (κ2) is 10.9. The van der Waals surface area contributed by atoms with Crippen molar-refractivity contribution in [3.05, 3.63) is 35.9 Å². The molecule has 0 bridgehead atoms. The van der Waals surface area contributed by atoms with Gasteiger partial charge in [0.15, 0.2) is 0 Å². The van der Waals surface area contributed by atoms with E-state index in [9.17, 15) is 9.59 Å². The van der Waals surface area contributed by atoms with Crippen molar-refractivity contribution in [1.29, 1.82) is 0 Å². The highest BCUT2D eigenvalue weighted by molar-refractivity contribution is 5.94. The fraction of sp³-hybridized carbons (Fsp3) is 0.529. The van der Waals surface area contributed by atoms with Crippen LogP contribution in [-0.4, -0.2) is 24.9 Å². The van der Waals surface area contributed by atoms with Gasteiger partial charge in [0.25, 0.3) is 5.91 Å². The maximum absolute atomic E-state index is 11.7. The molecule has 21 heavy (non-hydrogen) atoms. The third kappa shape index (κ3) is 8.12. The van der Waals surface area contributed by atoms with E-state index < -0.39 is 0 Å². The van der Waals surface area contributed by atoms with Gasteiger partial charge >= 0.3 is 0 Å². The molecule has 116 valence electrons. The van der Waals surface area contributed by atoms with Gasteiger partial charge in [-0.2, -0.15) is 0 Å². The third-order valence-corrected chi connectivity index (χ3v) is 3.28. The van der Waals surface area contributed by atoms with Crippen LogP contribution >= 0.6 is 0 Å². The molecule has 0 aromatic heterocycles. The summed E-state index contributed by atoms with van der Waals surface area (Å²) in [5, 5.41) is 5.61. The fourth-order valence-corrected chi connectivity index (χ4v) is 2.05. The van der Waals surface area contributed by atoms with Gasteiger partial charge in [0.2, 0.25) is 5.91 Å². The fourth-order valence-electron chi connectivity index (χ4n) is 2.05. The molecular formula is C17H26N2O2. The lowest BCUT2D eigenvalue weighted by molar-refractivity contribution is -0.121. The number of benzene rings is 1. The van der Waals surface area contributed by atoms with Gasteiger partial charge in [-0.25, -0.2) is 0 Å². The normalized spacial score (nSPS) is 10.1. The predicted molar refractivity (Wildman–Crippen MR) is 85.2 cm³/mol. The van der Waals surface area contributed by atoms with Crippen LogP contribution in [-0.2, 0) is 4.79 Å². The Balaban J connectivity index is 2.03. The molecule has 0 unspecified atom stereocenters. The molecule has 0 aliphatic heterocycles. The first-order valence-corrected chi connectivity index (χ1v) is 7.84. The van der Waals surface area contributed by atoms with Gasteiger partial charge < -0.3 is 10.6 Å². The minimum atomic E-state index is -0.107. The molecule has 0 heterocycles. The summed E-state index contributed by atoms with van der Waals surface area (Å²) in [4.78, 5) is 23.3. The van der Waals surface area contributed by atoms with E-state index in [1.165, 1.54) is 19.3 Å². The van der Waals surface area contributed by atoms with Crippen molar-refractivity contribution in [3.8, 4) is 0 Å². The lowest BCUT2D eigenvalue weighted by atomic mass is 10.1. The van der Waals surface area contributed by atoms with Crippen molar-refractivity contribution in [2.75, 3.05) is 13.1 Å². The van der Waals surface area contributed by atoms with E-state index in [1.54, 1.807) is 12.1 Å². The highest BCUT2D eigenvalue weighted by Crippen LogP contribution is 2.04. The van der Waals surface area contributed by atoms with Crippen LogP contribution in [0, 0.1) is 0 Å². The Labute approximate surface area is 127 Å². The maximum atomic E-state index is 11.7. The zero-order valence-electron chi connectivity index (χ0n) is 12.9. The summed E-state index contributed by atoms with van der Waals surface area (Å²) in [6, 6.07) is 9.07. The SMILES string of the molecule is CCCCCCCC(=O)NCCNC(=O)c1ccccc1. The van der Waals surface area contributed by atoms with E-state index in [4.69, 9.17) is 0 Å². The van der Waals surface area contributed by atoms with Gasteiger partial charge in [-0.1, -0.05) is 50.8 Å². The van der Waals surface area contributed by atoms with E-state index in [2.05, 4.69) is 17.6 Å². The zero-order valence-corrected chi connectivity index (χ0v) is 12.9. The summed E-state index contributed by atoms with van der Waals surface area (Å²) >= 11 is 0. The van der Waals surface area contributed by atoms with E-state index in [0.717, 1.165) is 12.8 Å². The van der Waals surface area contributed by atoms with Gasteiger partial charge in [0.1, 0.15) is 0 Å². The topological polar surface area (TPSA) is 58.2 Å². The van der Waals surface area contributed by atoms with Crippen molar-refractivity contribution in [3.63, 3.8) is 0 Å². The summed E-state index contributed by atoms with van der Waals surface area (Å²) in [6.07, 6.45) is 6.31. The first-order chi connectivity index (χ1) is 10.2. The number of hydrogen-bond acceptors (Lipinski definition) is 2. The van der Waals surface area contributed by atoms with Crippen LogP contribution in [0.2, 0.25) is 0 Å². The molecule has 0 saturated carbocycles. The molecule has 0 atom stereocenters. The number of rotatable bonds is 10. The lowest BCUT2D eigenvalue weighted by Gasteiger charge is -2.07. The summed E-state index contributed by atoms with van der Waals surface area (Å²) in [7, 11) is 0. The van der Waals surface area contributed by atoms with Gasteiger partial charge in [0, 0.05) is 25.1 Å². The minimum absolute atomic E-state index is 0.0699. The number of carbonyl (C=O) groups excluding carboxylic acids is 2. The van der Waals surface area contributed by atoms with Gasteiger partial charge in [-0.3, -0.25) is 9.59 Å². The second-order valence-electron chi connectivity index (χ2n) is 5.14. The van der Waals surface area contributed by atoms with E-state index in [-0.39, 0.29) is 11.8 Å². The van der Waals surface area contributed by atoms with Gasteiger partial charge in [-0.05, 0) is 18.6 Å². The van der Waals surface area contributed by atoms with E-state index in [1.807, 2.05) is 18.2 Å². The van der Waals surface area contributed by atoms with Crippen molar-refractivity contribution in [1.82, 2.24) is 10.6 Å². The molecule has 0 aliphatic rings. The van der Waals surface area contributed by atoms with Gasteiger partial charge in [0.05, 0.1) is 0 Å². The first-order valence-electron chi connectivity index (χ1n) is 7.84. The highest BCUT2D eigenvalue weighted by Gasteiger charge is 2.04. The number of amides is 2. The Morgan fingerprint density at radius 1 is 0.905 bits per heavy atom. The molecule has 1 rings (SSSR count). The Morgan fingerprint density at radius 3 is 2.29 bits per heavy atom. The van der Waals surface area contributed by atoms with Crippen LogP contribution in [0.4, 0.5) is 0 Å². The van der Waals surface area contributed by atoms with Crippen LogP contribution in [0.5, 0.6) is 0 Å². The molecule has 0 radical (unpaired) electrons. The maximum Gasteiger partial charge on any atom is 0.251 e. The smallest absolute Gasteiger partial charge is 0.251 e. The quantitative estimate of drug-likeness (QED) is 0.651. The average molecular weight is 290 g/mol. The van der Waals surface area contributed by atoms with E-state index in [0.29, 0.717) is 25.1 Å². The molecular weight excluding hydrogens is 264 g/mol. The van der Waals surface area contributed by atoms with Gasteiger partial charge in [-0.15, -0.1) is 0 Å². The average Bonchev–Trinajstić information content (AvgIpc) is 2.52. The first kappa shape index (κ1) is 17.2. The summed E-state index contributed by atoms with van der Waals surface area (Å²) < 4.78 is 0. The molecule has 2 N–H and O–H groups in total. The van der Waals surface area contributed by atoms with Crippen LogP contribution in [0.1, 0.15) is 55.8 Å². The van der Waals surface area contributed by atoms with Crippen LogP contribution in [0.3, 0.4) is 0 Å². The summed E-state index contributed by atoms with van der Waals surface area (Å²) in [5.74, 6) is -0.0372. The Kier molecular flexibility index (Phi) is 8.93. The molecule has 1 aromatic carbocycles. The minimum Gasteiger partial charge on any atom is -0.354 e. The Bertz CT molecular complexity index is 418. The zero-order chi connectivity index (χ0) is 15.3. The molecule has 0 fully saturated rings. The van der Waals surface area contributed by atoms with Crippen LogP contribution in [0.25, 0.3) is 0 Å². The molecule has 2 amide bonds. The second-order valence-corrected chi connectivity index (χ2v) is 5.14. The summed E-state index contributed by atoms with van der Waals surface area (Å²) in [5.41, 5.74) is 0.639. The number of nitrogens with one attached hydrogen (secondary N) is 2. The molecule has 0 spiro atoms. The monoisotopic (exact) mass is 290 g/mol. The van der Waals surface area contributed by atoms with Crippen LogP contribution < -0.4 is 10.6 Å². The molecule has 4 nitrogen and oxygen atoms in total. The third-order valence-electron chi connectivity index (χ3n) is 3.28. The predicted octanol–water partition coefficient (Wildman–Crippen LogP) is 2.89. The van der Waals surface area contributed by atoms with Crippen molar-refractivity contribution >= 4 is 11.8 Å². The Hall–Kier alpha value is -1.84. The largest absolute Gasteiger partial charge is 0.354 e. The lowest BCUT2D eigenvalue weighted by Crippen LogP contribution is -2.34. The number of unbranched alkanes of at least 4 members (excludes halogenated alkanes) is 4. The molecule has 0 saturated heterocycles. The van der Waals surface area contributed by atoms with Crippen molar-refractivity contribution < 1.29 is 9.59 Å². The van der Waals surface area contributed by atoms with Crippen LogP contribution in [0.15, 0.2) is 30.3 Å². The van der Waals surface area contributed by atoms with Crippen molar-refractivity contribution in [2.45, 2.75) is 45.4 Å². The molecule has 1 aromatic rings. The molecule has 0 aliphatic carbocycles. The number of carbonyl (C=O) groups is 2. The van der Waals surface area contributed by atoms with Crippen molar-refractivity contribution in [2.24, 2.45) is 0 Å². The Morgan fingerprint density at radius 2 is 1.57 bits per heavy atom.